The maximum atomic E-state index is 12.9. The van der Waals surface area contributed by atoms with Gasteiger partial charge in [0.2, 0.25) is 5.91 Å². The van der Waals surface area contributed by atoms with Crippen molar-refractivity contribution in [2.45, 2.75) is 25.4 Å². The number of hydrogen-bond donors (Lipinski definition) is 1. The average molecular weight is 472 g/mol. The number of carbonyl (C=O) groups excluding carboxylic acids is 2. The van der Waals surface area contributed by atoms with Gasteiger partial charge in [-0.2, -0.15) is 13.2 Å². The number of aromatic nitrogens is 1. The van der Waals surface area contributed by atoms with E-state index in [1.54, 1.807) is 0 Å². The molecule has 3 aromatic rings. The second-order valence-electron chi connectivity index (χ2n) is 8.26. The zero-order chi connectivity index (χ0) is 23.2. The Balaban J connectivity index is 1.19. The number of fused-ring (bicyclic) bond motifs is 3. The van der Waals surface area contributed by atoms with Crippen molar-refractivity contribution in [1.29, 1.82) is 0 Å². The highest BCUT2D eigenvalue weighted by molar-refractivity contribution is 7.16. The Morgan fingerprint density at radius 3 is 2.58 bits per heavy atom. The summed E-state index contributed by atoms with van der Waals surface area (Å²) in [4.78, 5) is 32.7. The summed E-state index contributed by atoms with van der Waals surface area (Å²) in [6.45, 7) is 0.629. The Morgan fingerprint density at radius 2 is 1.82 bits per heavy atom. The quantitative estimate of drug-likeness (QED) is 0.445. The van der Waals surface area contributed by atoms with Gasteiger partial charge >= 0.3 is 6.18 Å². The third-order valence-electron chi connectivity index (χ3n) is 6.14. The summed E-state index contributed by atoms with van der Waals surface area (Å²) in [5.74, 6) is -0.863. The molecule has 0 bridgehead atoms. The molecule has 0 saturated carbocycles. The lowest BCUT2D eigenvalue weighted by atomic mass is 9.95. The highest BCUT2D eigenvalue weighted by Crippen LogP contribution is 2.41. The molecule has 170 valence electrons. The summed E-state index contributed by atoms with van der Waals surface area (Å²) in [6.07, 6.45) is -2.79. The standard InChI is InChI=1S/C24H20F3N3O2S/c25-24(26,27)17-6-3-5-16(12-17)22(32)30-10-8-14(9-11-30)21(31)29-23-28-20-18-7-2-1-4-15(18)13-19(20)33-23/h1-7,12,14H,8-11,13H2,(H,28,29,31). The molecule has 1 aliphatic heterocycles. The summed E-state index contributed by atoms with van der Waals surface area (Å²) in [6, 6.07) is 12.5. The zero-order valence-corrected chi connectivity index (χ0v) is 18.3. The van der Waals surface area contributed by atoms with Crippen LogP contribution in [0.4, 0.5) is 18.3 Å². The number of alkyl halides is 3. The van der Waals surface area contributed by atoms with Crippen LogP contribution in [0.5, 0.6) is 0 Å². The lowest BCUT2D eigenvalue weighted by molar-refractivity contribution is -0.137. The number of piperidine rings is 1. The first-order chi connectivity index (χ1) is 15.8. The Hall–Kier alpha value is -3.20. The number of amides is 2. The molecule has 33 heavy (non-hydrogen) atoms. The molecule has 2 aromatic carbocycles. The molecular weight excluding hydrogens is 451 g/mol. The number of nitrogens with zero attached hydrogens (tertiary/aromatic N) is 2. The maximum Gasteiger partial charge on any atom is 0.416 e. The van der Waals surface area contributed by atoms with Gasteiger partial charge in [-0.1, -0.05) is 30.3 Å². The molecule has 1 saturated heterocycles. The highest BCUT2D eigenvalue weighted by Gasteiger charge is 2.33. The number of likely N-dealkylation sites (tertiary alicyclic amines) is 1. The molecule has 1 N–H and O–H groups in total. The summed E-state index contributed by atoms with van der Waals surface area (Å²) in [5, 5.41) is 3.48. The van der Waals surface area contributed by atoms with Crippen molar-refractivity contribution >= 4 is 28.3 Å². The lowest BCUT2D eigenvalue weighted by Crippen LogP contribution is -2.41. The Labute approximate surface area is 192 Å². The Kier molecular flexibility index (Phi) is 5.44. The van der Waals surface area contributed by atoms with E-state index in [2.05, 4.69) is 16.4 Å². The van der Waals surface area contributed by atoms with Gasteiger partial charge in [0.25, 0.3) is 5.91 Å². The number of halogens is 3. The van der Waals surface area contributed by atoms with E-state index in [1.165, 1.54) is 33.9 Å². The normalized spacial score (nSPS) is 15.8. The van der Waals surface area contributed by atoms with Crippen LogP contribution in [0.2, 0.25) is 0 Å². The van der Waals surface area contributed by atoms with Crippen LogP contribution in [0, 0.1) is 5.92 Å². The number of thiazole rings is 1. The summed E-state index contributed by atoms with van der Waals surface area (Å²) in [5.41, 5.74) is 2.42. The molecule has 0 radical (unpaired) electrons. The lowest BCUT2D eigenvalue weighted by Gasteiger charge is -2.31. The van der Waals surface area contributed by atoms with Crippen LogP contribution >= 0.6 is 11.3 Å². The molecule has 0 unspecified atom stereocenters. The van der Waals surface area contributed by atoms with Crippen molar-refractivity contribution < 1.29 is 22.8 Å². The monoisotopic (exact) mass is 471 g/mol. The molecular formula is C24H20F3N3O2S. The fourth-order valence-electron chi connectivity index (χ4n) is 4.38. The molecule has 1 aliphatic carbocycles. The highest BCUT2D eigenvalue weighted by atomic mass is 32.1. The van der Waals surface area contributed by atoms with Gasteiger partial charge in [0, 0.05) is 41.4 Å². The van der Waals surface area contributed by atoms with Crippen LogP contribution in [0.25, 0.3) is 11.3 Å². The number of benzene rings is 2. The molecule has 0 spiro atoms. The predicted octanol–water partition coefficient (Wildman–Crippen LogP) is 5.22. The third-order valence-corrected chi connectivity index (χ3v) is 7.11. The molecule has 5 nitrogen and oxygen atoms in total. The second-order valence-corrected chi connectivity index (χ2v) is 9.34. The van der Waals surface area contributed by atoms with Crippen LogP contribution < -0.4 is 5.32 Å². The second kappa shape index (κ2) is 8.30. The first-order valence-corrected chi connectivity index (χ1v) is 11.5. The van der Waals surface area contributed by atoms with Gasteiger partial charge < -0.3 is 10.2 Å². The maximum absolute atomic E-state index is 12.9. The van der Waals surface area contributed by atoms with Gasteiger partial charge in [-0.15, -0.1) is 11.3 Å². The van der Waals surface area contributed by atoms with Crippen molar-refractivity contribution in [2.24, 2.45) is 5.92 Å². The molecule has 9 heteroatoms. The first kappa shape index (κ1) is 21.6. The molecule has 1 fully saturated rings. The zero-order valence-electron chi connectivity index (χ0n) is 17.5. The number of anilines is 1. The van der Waals surface area contributed by atoms with Crippen molar-refractivity contribution in [3.63, 3.8) is 0 Å². The van der Waals surface area contributed by atoms with Crippen molar-refractivity contribution in [1.82, 2.24) is 9.88 Å². The van der Waals surface area contributed by atoms with E-state index in [0.717, 1.165) is 34.7 Å². The minimum Gasteiger partial charge on any atom is -0.339 e. The fourth-order valence-corrected chi connectivity index (χ4v) is 5.38. The number of hydrogen-bond acceptors (Lipinski definition) is 4. The minimum absolute atomic E-state index is 0.00492. The van der Waals surface area contributed by atoms with Gasteiger partial charge in [0.05, 0.1) is 11.3 Å². The van der Waals surface area contributed by atoms with Gasteiger partial charge in [0.15, 0.2) is 5.13 Å². The van der Waals surface area contributed by atoms with E-state index in [0.29, 0.717) is 31.1 Å². The molecule has 2 aliphatic rings. The van der Waals surface area contributed by atoms with Crippen LogP contribution in [0.1, 0.15) is 39.2 Å². The Morgan fingerprint density at radius 1 is 1.06 bits per heavy atom. The molecule has 0 atom stereocenters. The molecule has 5 rings (SSSR count). The van der Waals surface area contributed by atoms with Crippen molar-refractivity contribution in [3.8, 4) is 11.3 Å². The van der Waals surface area contributed by atoms with Gasteiger partial charge in [-0.05, 0) is 36.6 Å². The smallest absolute Gasteiger partial charge is 0.339 e. The number of rotatable bonds is 3. The fraction of sp³-hybridized carbons (Fsp3) is 0.292. The predicted molar refractivity (Wildman–Crippen MR) is 119 cm³/mol. The molecule has 2 amide bonds. The van der Waals surface area contributed by atoms with Crippen LogP contribution in [-0.2, 0) is 17.4 Å². The van der Waals surface area contributed by atoms with Gasteiger partial charge in [-0.25, -0.2) is 4.98 Å². The molecule has 2 heterocycles. The summed E-state index contributed by atoms with van der Waals surface area (Å²) >= 11 is 1.48. The van der Waals surface area contributed by atoms with E-state index >= 15 is 0 Å². The van der Waals surface area contributed by atoms with E-state index in [1.807, 2.05) is 18.2 Å². The first-order valence-electron chi connectivity index (χ1n) is 10.6. The van der Waals surface area contributed by atoms with Gasteiger partial charge in [0.1, 0.15) is 0 Å². The molecule has 1 aromatic heterocycles. The van der Waals surface area contributed by atoms with Crippen molar-refractivity contribution in [3.05, 3.63) is 70.1 Å². The largest absolute Gasteiger partial charge is 0.416 e. The SMILES string of the molecule is O=C(Nc1nc2c(s1)Cc1ccccc1-2)C1CCN(C(=O)c2cccc(C(F)(F)F)c2)CC1. The van der Waals surface area contributed by atoms with E-state index in [4.69, 9.17) is 0 Å². The van der Waals surface area contributed by atoms with Gasteiger partial charge in [-0.3, -0.25) is 9.59 Å². The average Bonchev–Trinajstić information content (AvgIpc) is 3.35. The van der Waals surface area contributed by atoms with Crippen molar-refractivity contribution in [2.75, 3.05) is 18.4 Å². The van der Waals surface area contributed by atoms with Crippen LogP contribution in [-0.4, -0.2) is 34.8 Å². The number of carbonyl (C=O) groups is 2. The number of nitrogens with one attached hydrogen (secondary N) is 1. The van der Waals surface area contributed by atoms with E-state index in [9.17, 15) is 22.8 Å². The Bertz CT molecular complexity index is 1230. The summed E-state index contributed by atoms with van der Waals surface area (Å²) in [7, 11) is 0. The minimum atomic E-state index is -4.50. The van der Waals surface area contributed by atoms with E-state index < -0.39 is 17.6 Å². The van der Waals surface area contributed by atoms with Crippen LogP contribution in [0.15, 0.2) is 48.5 Å². The third kappa shape index (κ3) is 4.25. The summed E-state index contributed by atoms with van der Waals surface area (Å²) < 4.78 is 38.8. The van der Waals surface area contributed by atoms with Crippen LogP contribution in [0.3, 0.4) is 0 Å². The topological polar surface area (TPSA) is 62.3 Å². The van der Waals surface area contributed by atoms with E-state index in [-0.39, 0.29) is 17.4 Å².